The smallest absolute Gasteiger partial charge is 0.294 e. The molecule has 22 heavy (non-hydrogen) atoms. The number of halogens is 1. The Morgan fingerprint density at radius 1 is 1.09 bits per heavy atom. The summed E-state index contributed by atoms with van der Waals surface area (Å²) < 4.78 is 26.4. The first-order valence-electron chi connectivity index (χ1n) is 6.59. The van der Waals surface area contributed by atoms with E-state index in [4.69, 9.17) is 11.6 Å². The van der Waals surface area contributed by atoms with Gasteiger partial charge in [0.25, 0.3) is 10.0 Å². The quantitative estimate of drug-likeness (QED) is 0.930. The van der Waals surface area contributed by atoms with Gasteiger partial charge in [0.1, 0.15) is 0 Å². The van der Waals surface area contributed by atoms with Crippen LogP contribution in [0.5, 0.6) is 0 Å². The van der Waals surface area contributed by atoms with Crippen molar-refractivity contribution in [3.8, 4) is 0 Å². The second kappa shape index (κ2) is 6.81. The largest absolute Gasteiger partial charge is 0.335 e. The van der Waals surface area contributed by atoms with E-state index >= 15 is 0 Å². The predicted octanol–water partition coefficient (Wildman–Crippen LogP) is 3.26. The van der Waals surface area contributed by atoms with Gasteiger partial charge in [0.15, 0.2) is 0 Å². The van der Waals surface area contributed by atoms with Crippen LogP contribution in [0.25, 0.3) is 0 Å². The molecule has 1 N–H and O–H groups in total. The van der Waals surface area contributed by atoms with E-state index in [9.17, 15) is 13.2 Å². The number of nitrogens with zero attached hydrogens (tertiary/aromatic N) is 1. The Hall–Kier alpha value is -2.05. The maximum Gasteiger partial charge on any atom is 0.335 e. The van der Waals surface area contributed by atoms with Crippen molar-refractivity contribution in [2.75, 3.05) is 11.4 Å². The minimum Gasteiger partial charge on any atom is -0.294 e. The predicted molar refractivity (Wildman–Crippen MR) is 86.6 cm³/mol. The number of hydrogen-bond donors (Lipinski definition) is 1. The third kappa shape index (κ3) is 3.78. The van der Waals surface area contributed by atoms with Crippen molar-refractivity contribution in [2.24, 2.45) is 0 Å². The van der Waals surface area contributed by atoms with Crippen LogP contribution in [0.4, 0.5) is 10.5 Å². The van der Waals surface area contributed by atoms with E-state index in [1.165, 1.54) is 17.0 Å². The highest BCUT2D eigenvalue weighted by molar-refractivity contribution is 7.90. The molecular formula is C15H15ClN2O3S. The number of anilines is 1. The molecule has 0 heterocycles. The Morgan fingerprint density at radius 3 is 2.23 bits per heavy atom. The van der Waals surface area contributed by atoms with Gasteiger partial charge in [-0.1, -0.05) is 29.8 Å². The lowest BCUT2D eigenvalue weighted by atomic mass is 10.3. The number of carbonyl (C=O) groups is 1. The molecule has 0 saturated carbocycles. The van der Waals surface area contributed by atoms with Crippen molar-refractivity contribution in [3.63, 3.8) is 0 Å². The molecule has 2 rings (SSSR count). The monoisotopic (exact) mass is 338 g/mol. The van der Waals surface area contributed by atoms with Crippen molar-refractivity contribution >= 4 is 33.3 Å². The molecular weight excluding hydrogens is 324 g/mol. The molecule has 2 amide bonds. The Balaban J connectivity index is 2.21. The molecule has 2 aromatic rings. The normalized spacial score (nSPS) is 11.0. The van der Waals surface area contributed by atoms with Crippen LogP contribution < -0.4 is 9.62 Å². The van der Waals surface area contributed by atoms with Gasteiger partial charge in [-0.05, 0) is 43.3 Å². The van der Waals surface area contributed by atoms with Crippen molar-refractivity contribution in [1.29, 1.82) is 0 Å². The Bertz CT molecular complexity index is 746. The number of amides is 2. The molecule has 0 spiro atoms. The molecule has 0 bridgehead atoms. The zero-order valence-corrected chi connectivity index (χ0v) is 13.4. The average molecular weight is 339 g/mol. The van der Waals surface area contributed by atoms with E-state index in [-0.39, 0.29) is 4.90 Å². The fourth-order valence-corrected chi connectivity index (χ4v) is 2.99. The molecule has 0 aromatic heterocycles. The summed E-state index contributed by atoms with van der Waals surface area (Å²) in [4.78, 5) is 13.6. The highest BCUT2D eigenvalue weighted by Crippen LogP contribution is 2.18. The summed E-state index contributed by atoms with van der Waals surface area (Å²) in [5.74, 6) is 0. The van der Waals surface area contributed by atoms with Crippen LogP contribution in [-0.2, 0) is 10.0 Å². The Kier molecular flexibility index (Phi) is 5.05. The second-order valence-electron chi connectivity index (χ2n) is 4.44. The molecule has 0 unspecified atom stereocenters. The molecule has 0 atom stereocenters. The van der Waals surface area contributed by atoms with E-state index in [2.05, 4.69) is 4.72 Å². The SMILES string of the molecule is CCN(C(=O)NS(=O)(=O)c1ccccc1)c1ccc(Cl)cc1. The van der Waals surface area contributed by atoms with Crippen LogP contribution in [0.15, 0.2) is 59.5 Å². The zero-order chi connectivity index (χ0) is 16.2. The molecule has 0 aliphatic carbocycles. The molecule has 2 aromatic carbocycles. The summed E-state index contributed by atoms with van der Waals surface area (Å²) in [6.45, 7) is 2.07. The van der Waals surface area contributed by atoms with E-state index in [1.807, 2.05) is 0 Å². The highest BCUT2D eigenvalue weighted by atomic mass is 35.5. The first-order valence-corrected chi connectivity index (χ1v) is 8.45. The lowest BCUT2D eigenvalue weighted by Gasteiger charge is -2.21. The lowest BCUT2D eigenvalue weighted by molar-refractivity contribution is 0.251. The van der Waals surface area contributed by atoms with Crippen LogP contribution in [0, 0.1) is 0 Å². The summed E-state index contributed by atoms with van der Waals surface area (Å²) in [5.41, 5.74) is 0.563. The lowest BCUT2D eigenvalue weighted by Crippen LogP contribution is -2.42. The van der Waals surface area contributed by atoms with Crippen LogP contribution in [0.1, 0.15) is 6.92 Å². The summed E-state index contributed by atoms with van der Waals surface area (Å²) in [6, 6.07) is 13.6. The van der Waals surface area contributed by atoms with E-state index < -0.39 is 16.1 Å². The summed E-state index contributed by atoms with van der Waals surface area (Å²) in [7, 11) is -3.90. The minimum absolute atomic E-state index is 0.0375. The number of nitrogens with one attached hydrogen (secondary N) is 1. The topological polar surface area (TPSA) is 66.5 Å². The summed E-state index contributed by atoms with van der Waals surface area (Å²) in [6.07, 6.45) is 0. The molecule has 0 aliphatic rings. The molecule has 0 fully saturated rings. The average Bonchev–Trinajstić information content (AvgIpc) is 2.50. The van der Waals surface area contributed by atoms with Crippen LogP contribution in [0.3, 0.4) is 0 Å². The van der Waals surface area contributed by atoms with Gasteiger partial charge in [0, 0.05) is 17.3 Å². The number of sulfonamides is 1. The highest BCUT2D eigenvalue weighted by Gasteiger charge is 2.21. The van der Waals surface area contributed by atoms with Crippen LogP contribution >= 0.6 is 11.6 Å². The van der Waals surface area contributed by atoms with Crippen molar-refractivity contribution in [2.45, 2.75) is 11.8 Å². The first kappa shape index (κ1) is 16.3. The van der Waals surface area contributed by atoms with Crippen molar-refractivity contribution < 1.29 is 13.2 Å². The molecule has 0 aliphatic heterocycles. The number of rotatable bonds is 4. The van der Waals surface area contributed by atoms with Gasteiger partial charge in [-0.25, -0.2) is 17.9 Å². The number of benzene rings is 2. The van der Waals surface area contributed by atoms with Crippen molar-refractivity contribution in [3.05, 3.63) is 59.6 Å². The fourth-order valence-electron chi connectivity index (χ4n) is 1.89. The van der Waals surface area contributed by atoms with Gasteiger partial charge in [0.05, 0.1) is 4.90 Å². The molecule has 0 radical (unpaired) electrons. The van der Waals surface area contributed by atoms with Crippen molar-refractivity contribution in [1.82, 2.24) is 4.72 Å². The maximum atomic E-state index is 12.3. The Morgan fingerprint density at radius 2 is 1.68 bits per heavy atom. The number of hydrogen-bond acceptors (Lipinski definition) is 3. The number of urea groups is 1. The molecule has 7 heteroatoms. The van der Waals surface area contributed by atoms with Gasteiger partial charge < -0.3 is 0 Å². The Labute approximate surface area is 134 Å². The third-order valence-electron chi connectivity index (χ3n) is 2.97. The third-order valence-corrected chi connectivity index (χ3v) is 4.56. The van der Waals surface area contributed by atoms with Gasteiger partial charge in [-0.3, -0.25) is 4.90 Å². The summed E-state index contributed by atoms with van der Waals surface area (Å²) in [5, 5.41) is 0.539. The second-order valence-corrected chi connectivity index (χ2v) is 6.56. The van der Waals surface area contributed by atoms with Gasteiger partial charge >= 0.3 is 6.03 Å². The molecule has 0 saturated heterocycles. The minimum atomic E-state index is -3.90. The van der Waals surface area contributed by atoms with E-state index in [1.54, 1.807) is 49.4 Å². The van der Waals surface area contributed by atoms with Crippen LogP contribution in [-0.4, -0.2) is 21.0 Å². The van der Waals surface area contributed by atoms with Crippen LogP contribution in [0.2, 0.25) is 5.02 Å². The standard InChI is InChI=1S/C15H15ClN2O3S/c1-2-18(13-10-8-12(16)9-11-13)15(19)17-22(20,21)14-6-4-3-5-7-14/h3-11H,2H2,1H3,(H,17,19). The molecule has 5 nitrogen and oxygen atoms in total. The zero-order valence-electron chi connectivity index (χ0n) is 11.9. The molecule has 116 valence electrons. The fraction of sp³-hybridized carbons (Fsp3) is 0.133. The van der Waals surface area contributed by atoms with Gasteiger partial charge in [-0.15, -0.1) is 0 Å². The first-order chi connectivity index (χ1) is 10.4. The maximum absolute atomic E-state index is 12.3. The van der Waals surface area contributed by atoms with Gasteiger partial charge in [-0.2, -0.15) is 0 Å². The van der Waals surface area contributed by atoms with Gasteiger partial charge in [0.2, 0.25) is 0 Å². The summed E-state index contributed by atoms with van der Waals surface area (Å²) >= 11 is 5.81. The number of carbonyl (C=O) groups excluding carboxylic acids is 1. The van der Waals surface area contributed by atoms with E-state index in [0.717, 1.165) is 0 Å². The van der Waals surface area contributed by atoms with E-state index in [0.29, 0.717) is 17.3 Å².